The molecule has 1 atom stereocenters. The van der Waals surface area contributed by atoms with Gasteiger partial charge in [-0.25, -0.2) is 9.97 Å². The third-order valence-electron chi connectivity index (χ3n) is 16.0. The largest absolute Gasteiger partial charge is 0.549 e. The molecule has 2 saturated heterocycles. The molecule has 7 rings (SSSR count). The van der Waals surface area contributed by atoms with Gasteiger partial charge in [-0.2, -0.15) is 4.98 Å². The number of carbonyl (C=O) groups is 11. The maximum absolute atomic E-state index is 14.2. The third kappa shape index (κ3) is 27.3. The van der Waals surface area contributed by atoms with Crippen molar-refractivity contribution in [1.82, 2.24) is 64.5 Å². The molecule has 2 fully saturated rings. The first-order chi connectivity index (χ1) is 47.7. The number of benzene rings is 3. The first-order valence-electron chi connectivity index (χ1n) is 31.8. The van der Waals surface area contributed by atoms with Crippen LogP contribution in [-0.2, 0) is 54.5 Å². The van der Waals surface area contributed by atoms with E-state index in [1.54, 1.807) is 31.7 Å². The van der Waals surface area contributed by atoms with Gasteiger partial charge in [0.25, 0.3) is 11.5 Å². The van der Waals surface area contributed by atoms with E-state index in [9.17, 15) is 88.2 Å². The first-order valence-corrected chi connectivity index (χ1v) is 31.8. The summed E-state index contributed by atoms with van der Waals surface area (Å²) in [7, 11) is 0. The Kier molecular flexibility index (Phi) is 29.5. The lowest BCUT2D eigenvalue weighted by Crippen LogP contribution is -2.51. The van der Waals surface area contributed by atoms with Gasteiger partial charge in [0.15, 0.2) is 11.2 Å². The molecule has 0 aliphatic carbocycles. The van der Waals surface area contributed by atoms with Crippen molar-refractivity contribution in [3.63, 3.8) is 0 Å². The summed E-state index contributed by atoms with van der Waals surface area (Å²) in [5.41, 5.74) is 7.30. The van der Waals surface area contributed by atoms with E-state index < -0.39 is 116 Å². The van der Waals surface area contributed by atoms with Crippen LogP contribution in [0.5, 0.6) is 0 Å². The van der Waals surface area contributed by atoms with Gasteiger partial charge in [0.1, 0.15) is 6.04 Å². The quantitative estimate of drug-likeness (QED) is 0.0220. The molecule has 538 valence electrons. The number of nitrogens with zero attached hydrogens (tertiary/aromatic N) is 11. The highest BCUT2D eigenvalue weighted by molar-refractivity contribution is 6.02. The fourth-order valence-corrected chi connectivity index (χ4v) is 10.8. The number of aromatic nitrogens is 4. The summed E-state index contributed by atoms with van der Waals surface area (Å²) < 4.78 is 0. The minimum atomic E-state index is -1.37. The van der Waals surface area contributed by atoms with Gasteiger partial charge in [0.05, 0.1) is 67.3 Å². The number of fused-ring (bicyclic) bond motifs is 1. The molecule has 2 aromatic heterocycles. The Morgan fingerprint density at radius 1 is 0.430 bits per heavy atom. The number of hydrogen-bond acceptors (Lipinski definition) is 31. The van der Waals surface area contributed by atoms with Crippen molar-refractivity contribution in [2.45, 2.75) is 25.4 Å². The molecule has 0 bridgehead atoms. The van der Waals surface area contributed by atoms with Gasteiger partial charge in [-0.3, -0.25) is 73.0 Å². The smallest absolute Gasteiger partial charge is 0.280 e. The second kappa shape index (κ2) is 38.5. The molecule has 37 heteroatoms. The number of carbonyl (C=O) groups excluding carboxylic acids is 11. The molecule has 4 heterocycles. The Labute approximate surface area is 572 Å². The van der Waals surface area contributed by atoms with Gasteiger partial charge in [0.2, 0.25) is 29.6 Å². The SMILES string of the molecule is Nc1nc2ncc(CNc3ccc(C(=O)NC(CCC(=O)Nc4ccc(NC(=O)CN5CCN(CC(=O)[O-])CCN(CC(=O)[O-])CCN(CC(=O)[O-])CC5)cc4)C(=O)Nc4ccc(NC(=O)CN5CCN(CC(=O)[O-])CCN(CC(=O)[O-])CCN(CC(=O)[O-])CC5)cc4)cc3)nc2c(=O)[nH]1. The Morgan fingerprint density at radius 2 is 0.750 bits per heavy atom. The van der Waals surface area contributed by atoms with Gasteiger partial charge in [-0.1, -0.05) is 0 Å². The van der Waals surface area contributed by atoms with Gasteiger partial charge in [-0.05, 0) is 79.2 Å². The molecule has 9 N–H and O–H groups in total. The average Bonchev–Trinajstić information content (AvgIpc) is 0.815. The standard InChI is InChI=1S/C63H83N19O18/c64-63-73-59-58(62(100)74-63)70-47(32-66-59)31-65-42-3-1-41(2-4-42)60(98)72-48(61(99)71-46-11-9-45(10-12-46)69-51(85)34-76-17-21-79(37-54(90)91)25-29-82(40-57(96)97)30-26-80(22-18-76)38-55(92)93)13-14-49(83)67-43-5-7-44(8-6-43)68-50(84)33-75-15-19-77(35-52(86)87)23-27-81(39-56(94)95)28-24-78(20-16-75)36-53(88)89/h1-12,32,48,65H,13-31,33-40H2,(H,67,83)(H,68,84)(H,69,85)(H,71,99)(H,72,98)(H,86,87)(H,88,89)(H,90,91)(H,92,93)(H,94,95)(H,96,97)(H3,64,66,73,74,100)/p-6. The van der Waals surface area contributed by atoms with E-state index in [1.807, 2.05) is 0 Å². The van der Waals surface area contributed by atoms with Crippen LogP contribution < -0.4 is 73.8 Å². The lowest BCUT2D eigenvalue weighted by Gasteiger charge is -2.34. The highest BCUT2D eigenvalue weighted by Gasteiger charge is 2.26. The topological polar surface area (TPSA) is 522 Å². The second-order valence-corrected chi connectivity index (χ2v) is 23.7. The van der Waals surface area contributed by atoms with Gasteiger partial charge >= 0.3 is 0 Å². The van der Waals surface area contributed by atoms with Gasteiger partial charge < -0.3 is 97.0 Å². The zero-order valence-corrected chi connectivity index (χ0v) is 54.5. The third-order valence-corrected chi connectivity index (χ3v) is 16.0. The molecule has 0 saturated carbocycles. The van der Waals surface area contributed by atoms with Crippen LogP contribution in [0.15, 0.2) is 83.8 Å². The van der Waals surface area contributed by atoms with Crippen molar-refractivity contribution in [2.24, 2.45) is 0 Å². The number of aliphatic carboxylic acids is 6. The Balaban J connectivity index is 0.984. The summed E-state index contributed by atoms with van der Waals surface area (Å²) >= 11 is 0. The maximum atomic E-state index is 14.2. The van der Waals surface area contributed by atoms with Crippen molar-refractivity contribution in [1.29, 1.82) is 0 Å². The van der Waals surface area contributed by atoms with Crippen LogP contribution in [0, 0.1) is 0 Å². The summed E-state index contributed by atoms with van der Waals surface area (Å²) in [4.78, 5) is 178. The van der Waals surface area contributed by atoms with Crippen molar-refractivity contribution in [3.05, 3.63) is 101 Å². The number of hydrogen-bond donors (Lipinski definition) is 8. The van der Waals surface area contributed by atoms with Crippen LogP contribution in [0.2, 0.25) is 0 Å². The number of amides is 5. The summed E-state index contributed by atoms with van der Waals surface area (Å²) in [5, 5.41) is 86.3. The number of rotatable bonds is 29. The Bertz CT molecular complexity index is 3670. The lowest BCUT2D eigenvalue weighted by molar-refractivity contribution is -0.308. The molecule has 1 unspecified atom stereocenters. The van der Waals surface area contributed by atoms with Crippen LogP contribution >= 0.6 is 0 Å². The summed E-state index contributed by atoms with van der Waals surface area (Å²) in [6, 6.07) is 16.8. The average molecular weight is 1390 g/mol. The molecule has 2 aliphatic heterocycles. The van der Waals surface area contributed by atoms with Gasteiger partial charge in [-0.15, -0.1) is 0 Å². The number of aromatic amines is 1. The molecule has 5 amide bonds. The molecule has 0 spiro atoms. The molecular formula is C63H77N19O18-6. The maximum Gasteiger partial charge on any atom is 0.280 e. The van der Waals surface area contributed by atoms with Crippen molar-refractivity contribution in [3.8, 4) is 0 Å². The molecule has 37 nitrogen and oxygen atoms in total. The Morgan fingerprint density at radius 3 is 1.10 bits per heavy atom. The van der Waals surface area contributed by atoms with E-state index in [0.717, 1.165) is 0 Å². The van der Waals surface area contributed by atoms with Crippen molar-refractivity contribution < 1.29 is 83.4 Å². The predicted molar refractivity (Wildman–Crippen MR) is 346 cm³/mol. The van der Waals surface area contributed by atoms with Crippen molar-refractivity contribution >= 4 is 111 Å². The fraction of sp³-hybridized carbons (Fsp3) is 0.444. The summed E-state index contributed by atoms with van der Waals surface area (Å²) in [6.45, 7) is -1.05. The van der Waals surface area contributed by atoms with Crippen LogP contribution in [-0.4, -0.2) is 288 Å². The predicted octanol–water partition coefficient (Wildman–Crippen LogP) is -10.1. The molecule has 3 aromatic carbocycles. The van der Waals surface area contributed by atoms with Crippen LogP contribution in [0.25, 0.3) is 11.2 Å². The first kappa shape index (κ1) is 76.7. The number of carboxylic acids is 6. The number of anilines is 6. The summed E-state index contributed by atoms with van der Waals surface area (Å²) in [5.74, 6) is -11.3. The van der Waals surface area contributed by atoms with E-state index in [-0.39, 0.29) is 166 Å². The zero-order valence-electron chi connectivity index (χ0n) is 54.5. The monoisotopic (exact) mass is 1390 g/mol. The number of nitrogens with two attached hydrogens (primary N) is 1. The van der Waals surface area contributed by atoms with E-state index in [2.05, 4.69) is 51.8 Å². The summed E-state index contributed by atoms with van der Waals surface area (Å²) in [6.07, 6.45) is 0.876. The number of nitrogens with one attached hydrogen (secondary N) is 7. The molecule has 0 radical (unpaired) electrons. The number of nitrogen functional groups attached to an aromatic ring is 1. The van der Waals surface area contributed by atoms with E-state index >= 15 is 0 Å². The van der Waals surface area contributed by atoms with E-state index in [1.165, 1.54) is 86.5 Å². The second-order valence-electron chi connectivity index (χ2n) is 23.7. The van der Waals surface area contributed by atoms with E-state index in [0.29, 0.717) is 28.4 Å². The van der Waals surface area contributed by atoms with Crippen LogP contribution in [0.3, 0.4) is 0 Å². The van der Waals surface area contributed by atoms with Gasteiger partial charge in [0, 0.05) is 184 Å². The highest BCUT2D eigenvalue weighted by atomic mass is 16.4. The molecule has 100 heavy (non-hydrogen) atoms. The minimum Gasteiger partial charge on any atom is -0.549 e. The fourth-order valence-electron chi connectivity index (χ4n) is 10.8. The normalized spacial score (nSPS) is 16.2. The number of H-pyrrole nitrogens is 1. The molecule has 2 aliphatic rings. The lowest BCUT2D eigenvalue weighted by atomic mass is 10.1. The van der Waals surface area contributed by atoms with Crippen molar-refractivity contribution in [2.75, 3.05) is 189 Å². The highest BCUT2D eigenvalue weighted by Crippen LogP contribution is 2.19. The zero-order chi connectivity index (χ0) is 72.3. The Hall–Kier alpha value is -10.7. The van der Waals surface area contributed by atoms with E-state index in [4.69, 9.17) is 5.73 Å². The van der Waals surface area contributed by atoms with Crippen LogP contribution in [0.1, 0.15) is 28.9 Å². The number of carboxylic acid groups (broad SMARTS) is 6. The molecular weight excluding hydrogens is 1310 g/mol. The minimum absolute atomic E-state index is 0.0167. The molecule has 5 aromatic rings. The van der Waals surface area contributed by atoms with Crippen LogP contribution in [0.4, 0.5) is 34.4 Å².